The van der Waals surface area contributed by atoms with Crippen molar-refractivity contribution < 1.29 is 23.8 Å². The summed E-state index contributed by atoms with van der Waals surface area (Å²) in [4.78, 5) is 28.3. The Kier molecular flexibility index (Phi) is 6.82. The van der Waals surface area contributed by atoms with Gasteiger partial charge >= 0.3 is 0 Å². The lowest BCUT2D eigenvalue weighted by molar-refractivity contribution is -0.154. The van der Waals surface area contributed by atoms with E-state index >= 15 is 0 Å². The van der Waals surface area contributed by atoms with Gasteiger partial charge in [-0.2, -0.15) is 0 Å². The maximum Gasteiger partial charge on any atom is 0.254 e. The lowest BCUT2D eigenvalue weighted by Gasteiger charge is -2.34. The number of carbonyl (C=O) groups is 2. The summed E-state index contributed by atoms with van der Waals surface area (Å²) in [7, 11) is 8.71. The highest BCUT2D eigenvalue weighted by Gasteiger charge is 2.37. The molecule has 0 saturated carbocycles. The number of hydrogen-bond acceptors (Lipinski definition) is 6. The Morgan fingerprint density at radius 2 is 1.88 bits per heavy atom. The second-order valence-corrected chi connectivity index (χ2v) is 6.45. The molecule has 0 aromatic heterocycles. The average molecular weight is 365 g/mol. The van der Waals surface area contributed by atoms with Gasteiger partial charge in [0.05, 0.1) is 20.3 Å². The minimum Gasteiger partial charge on any atom is -0.493 e. The van der Waals surface area contributed by atoms with Gasteiger partial charge in [-0.25, -0.2) is 0 Å². The van der Waals surface area contributed by atoms with E-state index in [-0.39, 0.29) is 18.4 Å². The second-order valence-electron chi connectivity index (χ2n) is 6.45. The van der Waals surface area contributed by atoms with Crippen LogP contribution >= 0.6 is 0 Å². The number of hydrogen-bond donors (Lipinski definition) is 1. The van der Waals surface area contributed by atoms with Crippen LogP contribution in [0.4, 0.5) is 0 Å². The number of ether oxygens (including phenoxy) is 3. The van der Waals surface area contributed by atoms with Crippen LogP contribution in [0.3, 0.4) is 0 Å². The van der Waals surface area contributed by atoms with E-state index in [1.165, 1.54) is 7.11 Å². The number of nitrogens with one attached hydrogen (secondary N) is 1. The van der Waals surface area contributed by atoms with Gasteiger partial charge in [0.2, 0.25) is 5.91 Å². The van der Waals surface area contributed by atoms with Crippen LogP contribution in [0.5, 0.6) is 11.5 Å². The Labute approximate surface area is 154 Å². The van der Waals surface area contributed by atoms with Gasteiger partial charge in [-0.05, 0) is 31.8 Å². The molecule has 1 N–H and O–H groups in total. The Morgan fingerprint density at radius 3 is 2.50 bits per heavy atom. The van der Waals surface area contributed by atoms with E-state index in [0.717, 1.165) is 12.1 Å². The minimum absolute atomic E-state index is 0.137. The topological polar surface area (TPSA) is 80.3 Å². The lowest BCUT2D eigenvalue weighted by Crippen LogP contribution is -2.53. The van der Waals surface area contributed by atoms with E-state index in [4.69, 9.17) is 14.2 Å². The first-order valence-electron chi connectivity index (χ1n) is 8.40. The molecule has 2 unspecified atom stereocenters. The van der Waals surface area contributed by atoms with E-state index in [0.29, 0.717) is 18.0 Å². The van der Waals surface area contributed by atoms with Crippen molar-refractivity contribution in [3.05, 3.63) is 23.8 Å². The van der Waals surface area contributed by atoms with E-state index in [1.807, 2.05) is 19.0 Å². The molecule has 1 heterocycles. The predicted molar refractivity (Wildman–Crippen MR) is 96.4 cm³/mol. The summed E-state index contributed by atoms with van der Waals surface area (Å²) in [6.45, 7) is 1.17. The first-order chi connectivity index (χ1) is 12.4. The standard InChI is InChI=1S/C18H27N3O5/c1-20(2)8-9-21(3)18(23)17-16(19-15(22)11-26-17)12-6-7-13(24-4)14(10-12)25-5/h6-7,10,16-17H,8-9,11H2,1-5H3,(H,19,22). The van der Waals surface area contributed by atoms with E-state index in [2.05, 4.69) is 5.32 Å². The van der Waals surface area contributed by atoms with Crippen LogP contribution in [0.1, 0.15) is 11.6 Å². The molecule has 0 aliphatic carbocycles. The van der Waals surface area contributed by atoms with Crippen LogP contribution in [0.15, 0.2) is 18.2 Å². The number of rotatable bonds is 7. The van der Waals surface area contributed by atoms with Gasteiger partial charge < -0.3 is 29.3 Å². The molecule has 2 atom stereocenters. The lowest BCUT2D eigenvalue weighted by atomic mass is 9.98. The molecule has 8 nitrogen and oxygen atoms in total. The van der Waals surface area contributed by atoms with Gasteiger partial charge in [-0.15, -0.1) is 0 Å². The molecule has 0 bridgehead atoms. The van der Waals surface area contributed by atoms with Crippen LogP contribution in [-0.2, 0) is 14.3 Å². The maximum atomic E-state index is 12.9. The van der Waals surface area contributed by atoms with Crippen molar-refractivity contribution in [2.24, 2.45) is 0 Å². The molecule has 2 amide bonds. The number of methoxy groups -OCH3 is 2. The Balaban J connectivity index is 2.25. The first kappa shape index (κ1) is 20.0. The van der Waals surface area contributed by atoms with E-state index in [9.17, 15) is 9.59 Å². The molecule has 1 saturated heterocycles. The fourth-order valence-electron chi connectivity index (χ4n) is 2.75. The Morgan fingerprint density at radius 1 is 1.19 bits per heavy atom. The molecule has 1 aliphatic rings. The average Bonchev–Trinajstić information content (AvgIpc) is 2.64. The van der Waals surface area contributed by atoms with Crippen LogP contribution in [0, 0.1) is 0 Å². The van der Waals surface area contributed by atoms with Crippen LogP contribution in [-0.4, -0.2) is 82.8 Å². The third-order valence-corrected chi connectivity index (χ3v) is 4.28. The number of morpholine rings is 1. The van der Waals surface area contributed by atoms with E-state index in [1.54, 1.807) is 37.3 Å². The summed E-state index contributed by atoms with van der Waals surface area (Å²) in [6.07, 6.45) is -0.794. The highest BCUT2D eigenvalue weighted by Crippen LogP contribution is 2.32. The fraction of sp³-hybridized carbons (Fsp3) is 0.556. The molecule has 0 spiro atoms. The molecule has 144 valence electrons. The molecule has 1 aromatic rings. The zero-order valence-electron chi connectivity index (χ0n) is 15.9. The van der Waals surface area contributed by atoms with Gasteiger partial charge in [-0.3, -0.25) is 9.59 Å². The summed E-state index contributed by atoms with van der Waals surface area (Å²) in [5.41, 5.74) is 0.718. The van der Waals surface area contributed by atoms with Crippen molar-refractivity contribution in [1.82, 2.24) is 15.1 Å². The Bertz CT molecular complexity index is 650. The number of carbonyl (C=O) groups excluding carboxylic acids is 2. The number of nitrogens with zero attached hydrogens (tertiary/aromatic N) is 2. The van der Waals surface area contributed by atoms with Gasteiger partial charge in [0.1, 0.15) is 6.61 Å². The first-order valence-corrected chi connectivity index (χ1v) is 8.40. The summed E-state index contributed by atoms with van der Waals surface area (Å²) >= 11 is 0. The van der Waals surface area contributed by atoms with Crippen molar-refractivity contribution in [2.45, 2.75) is 12.1 Å². The molecular weight excluding hydrogens is 338 g/mol. The number of benzene rings is 1. The molecule has 1 aliphatic heterocycles. The molecule has 26 heavy (non-hydrogen) atoms. The van der Waals surface area contributed by atoms with Crippen LogP contribution in [0.25, 0.3) is 0 Å². The third kappa shape index (κ3) is 4.64. The number of likely N-dealkylation sites (N-methyl/N-ethyl adjacent to an activating group) is 2. The third-order valence-electron chi connectivity index (χ3n) is 4.28. The largest absolute Gasteiger partial charge is 0.493 e. The zero-order valence-corrected chi connectivity index (χ0v) is 15.9. The molecule has 1 aromatic carbocycles. The quantitative estimate of drug-likeness (QED) is 0.748. The molecule has 1 fully saturated rings. The maximum absolute atomic E-state index is 12.9. The van der Waals surface area contributed by atoms with E-state index < -0.39 is 12.1 Å². The van der Waals surface area contributed by atoms with Gasteiger partial charge in [0.15, 0.2) is 17.6 Å². The smallest absolute Gasteiger partial charge is 0.254 e. The van der Waals surface area contributed by atoms with Crippen LogP contribution in [0.2, 0.25) is 0 Å². The highest BCUT2D eigenvalue weighted by molar-refractivity contribution is 5.86. The van der Waals surface area contributed by atoms with Gasteiger partial charge in [0, 0.05) is 20.1 Å². The minimum atomic E-state index is -0.794. The highest BCUT2D eigenvalue weighted by atomic mass is 16.5. The summed E-state index contributed by atoms with van der Waals surface area (Å²) in [6, 6.07) is 4.69. The molecule has 0 radical (unpaired) electrons. The van der Waals surface area contributed by atoms with Crippen molar-refractivity contribution in [2.75, 3.05) is 55.1 Å². The predicted octanol–water partition coefficient (Wildman–Crippen LogP) is 0.280. The van der Waals surface area contributed by atoms with Gasteiger partial charge in [-0.1, -0.05) is 6.07 Å². The van der Waals surface area contributed by atoms with Gasteiger partial charge in [0.25, 0.3) is 5.91 Å². The second kappa shape index (κ2) is 8.86. The fourth-order valence-corrected chi connectivity index (χ4v) is 2.75. The van der Waals surface area contributed by atoms with Crippen LogP contribution < -0.4 is 14.8 Å². The monoisotopic (exact) mass is 365 g/mol. The van der Waals surface area contributed by atoms with Crippen molar-refractivity contribution >= 4 is 11.8 Å². The van der Waals surface area contributed by atoms with Crippen molar-refractivity contribution in [3.63, 3.8) is 0 Å². The molecule has 2 rings (SSSR count). The SMILES string of the molecule is COc1ccc(C2NC(=O)COC2C(=O)N(C)CCN(C)C)cc1OC. The normalized spacial score (nSPS) is 19.8. The Hall–Kier alpha value is -2.32. The number of amides is 2. The summed E-state index contributed by atoms with van der Waals surface area (Å²) in [5.74, 6) is 0.665. The zero-order chi connectivity index (χ0) is 19.3. The molecular formula is C18H27N3O5. The summed E-state index contributed by atoms with van der Waals surface area (Å²) in [5, 5.41) is 2.85. The summed E-state index contributed by atoms with van der Waals surface area (Å²) < 4.78 is 16.2. The molecule has 8 heteroatoms. The van der Waals surface area contributed by atoms with Crippen molar-refractivity contribution in [3.8, 4) is 11.5 Å². The van der Waals surface area contributed by atoms with Crippen molar-refractivity contribution in [1.29, 1.82) is 0 Å².